The summed E-state index contributed by atoms with van der Waals surface area (Å²) in [7, 11) is -4.62. The number of nitrogens with one attached hydrogen (secondary N) is 2. The van der Waals surface area contributed by atoms with E-state index in [0.717, 1.165) is 4.88 Å². The molecule has 9 heteroatoms. The van der Waals surface area contributed by atoms with E-state index in [4.69, 9.17) is 11.1 Å². The predicted octanol–water partition coefficient (Wildman–Crippen LogP) is 2.04. The van der Waals surface area contributed by atoms with Crippen LogP contribution in [0.15, 0.2) is 47.9 Å². The number of nitrogens with two attached hydrogens (primary N) is 1. The molecule has 1 aromatic carbocycles. The van der Waals surface area contributed by atoms with Gasteiger partial charge in [0.25, 0.3) is 0 Å². The molecule has 126 valence electrons. The van der Waals surface area contributed by atoms with Crippen LogP contribution in [0.25, 0.3) is 6.08 Å². The van der Waals surface area contributed by atoms with Crippen molar-refractivity contribution in [3.63, 3.8) is 0 Å². The van der Waals surface area contributed by atoms with Crippen LogP contribution in [0.2, 0.25) is 0 Å². The molecule has 1 heterocycles. The number of thiophene rings is 1. The van der Waals surface area contributed by atoms with Crippen molar-refractivity contribution in [1.82, 2.24) is 5.32 Å². The van der Waals surface area contributed by atoms with Crippen LogP contribution in [0.3, 0.4) is 0 Å². The molecular formula is C15H16N3O4PS. The third kappa shape index (κ3) is 4.87. The van der Waals surface area contributed by atoms with Gasteiger partial charge in [0.15, 0.2) is 5.78 Å². The van der Waals surface area contributed by atoms with Crippen LogP contribution in [0.1, 0.15) is 21.8 Å². The quantitative estimate of drug-likeness (QED) is 0.231. The number of carbonyl (C=O) groups excluding carboxylic acids is 1. The first-order valence-corrected chi connectivity index (χ1v) is 9.35. The van der Waals surface area contributed by atoms with Crippen molar-refractivity contribution in [2.24, 2.45) is 5.73 Å². The van der Waals surface area contributed by atoms with Crippen LogP contribution in [-0.4, -0.2) is 21.5 Å². The van der Waals surface area contributed by atoms with Gasteiger partial charge >= 0.3 is 7.60 Å². The Hall–Kier alpha value is -2.25. The number of hydrogen-bond acceptors (Lipinski definition) is 4. The van der Waals surface area contributed by atoms with Crippen molar-refractivity contribution in [1.29, 1.82) is 5.41 Å². The molecule has 0 bridgehead atoms. The Morgan fingerprint density at radius 2 is 1.96 bits per heavy atom. The monoisotopic (exact) mass is 365 g/mol. The Bertz CT molecular complexity index is 797. The van der Waals surface area contributed by atoms with Crippen molar-refractivity contribution in [3.8, 4) is 0 Å². The van der Waals surface area contributed by atoms with E-state index >= 15 is 0 Å². The first kappa shape index (κ1) is 18.1. The van der Waals surface area contributed by atoms with Gasteiger partial charge in [-0.05, 0) is 23.1 Å². The van der Waals surface area contributed by atoms with Gasteiger partial charge in [0.05, 0.1) is 0 Å². The number of hydrogen-bond donors (Lipinski definition) is 5. The van der Waals surface area contributed by atoms with Crippen LogP contribution in [-0.2, 0) is 9.36 Å². The first-order valence-electron chi connectivity index (χ1n) is 6.79. The fourth-order valence-corrected chi connectivity index (χ4v) is 3.41. The van der Waals surface area contributed by atoms with Crippen LogP contribution < -0.4 is 11.1 Å². The van der Waals surface area contributed by atoms with Gasteiger partial charge in [-0.25, -0.2) is 0 Å². The standard InChI is InChI=1S/C15H16N3O4PS/c16-14(17)10-3-5-11(6-4-10)15(23(20,21)22)18-13(19)8-7-12-2-1-9-24-12/h1-9,15H,(H3,16,17)(H,18,19)(H2,20,21,22). The molecule has 0 aliphatic rings. The second-order valence-corrected chi connectivity index (χ2v) is 7.56. The molecule has 24 heavy (non-hydrogen) atoms. The molecule has 1 amide bonds. The normalized spacial score (nSPS) is 12.9. The maximum absolute atomic E-state index is 12.0. The lowest BCUT2D eigenvalue weighted by atomic mass is 10.1. The van der Waals surface area contributed by atoms with E-state index in [2.05, 4.69) is 5.32 Å². The summed E-state index contributed by atoms with van der Waals surface area (Å²) in [5.41, 5.74) is 6.00. The largest absolute Gasteiger partial charge is 0.384 e. The van der Waals surface area contributed by atoms with Crippen LogP contribution in [0.5, 0.6) is 0 Å². The molecule has 1 unspecified atom stereocenters. The number of rotatable bonds is 6. The third-order valence-corrected chi connectivity index (χ3v) is 5.03. The average Bonchev–Trinajstić information content (AvgIpc) is 3.03. The van der Waals surface area contributed by atoms with Gasteiger partial charge < -0.3 is 20.8 Å². The number of benzene rings is 1. The van der Waals surface area contributed by atoms with E-state index in [-0.39, 0.29) is 11.4 Å². The molecule has 0 aliphatic carbocycles. The smallest absolute Gasteiger partial charge is 0.352 e. The summed E-state index contributed by atoms with van der Waals surface area (Å²) in [5.74, 6) is -2.25. The van der Waals surface area contributed by atoms with Gasteiger partial charge in [-0.2, -0.15) is 0 Å². The minimum atomic E-state index is -4.62. The zero-order valence-electron chi connectivity index (χ0n) is 12.4. The van der Waals surface area contributed by atoms with Gasteiger partial charge in [-0.3, -0.25) is 14.8 Å². The van der Waals surface area contributed by atoms with Gasteiger partial charge in [-0.15, -0.1) is 11.3 Å². The Morgan fingerprint density at radius 1 is 1.29 bits per heavy atom. The average molecular weight is 365 g/mol. The van der Waals surface area contributed by atoms with E-state index in [1.807, 2.05) is 17.5 Å². The minimum Gasteiger partial charge on any atom is -0.384 e. The fraction of sp³-hybridized carbons (Fsp3) is 0.0667. The molecule has 2 rings (SSSR count). The lowest BCUT2D eigenvalue weighted by molar-refractivity contribution is -0.116. The maximum atomic E-state index is 12.0. The molecule has 0 saturated carbocycles. The molecule has 0 aliphatic heterocycles. The topological polar surface area (TPSA) is 136 Å². The van der Waals surface area contributed by atoms with E-state index in [9.17, 15) is 19.1 Å². The highest BCUT2D eigenvalue weighted by atomic mass is 32.1. The molecule has 0 radical (unpaired) electrons. The SMILES string of the molecule is N=C(N)c1ccc(C(NC(=O)C=Cc2cccs2)P(=O)(O)O)cc1. The molecule has 7 nitrogen and oxygen atoms in total. The Labute approximate surface area is 142 Å². The summed E-state index contributed by atoms with van der Waals surface area (Å²) in [6.45, 7) is 0. The van der Waals surface area contributed by atoms with E-state index in [1.165, 1.54) is 41.7 Å². The van der Waals surface area contributed by atoms with Gasteiger partial charge in [0.2, 0.25) is 5.91 Å². The number of nitrogen functional groups attached to an aromatic ring is 1. The van der Waals surface area contributed by atoms with Gasteiger partial charge in [-0.1, -0.05) is 30.3 Å². The Kier molecular flexibility index (Phi) is 5.69. The maximum Gasteiger partial charge on any atom is 0.352 e. The fourth-order valence-electron chi connectivity index (χ4n) is 1.93. The van der Waals surface area contributed by atoms with E-state index in [1.54, 1.807) is 6.08 Å². The van der Waals surface area contributed by atoms with Crippen molar-refractivity contribution >= 4 is 36.8 Å². The Balaban J connectivity index is 2.18. The predicted molar refractivity (Wildman–Crippen MR) is 93.7 cm³/mol. The summed E-state index contributed by atoms with van der Waals surface area (Å²) in [6, 6.07) is 9.42. The summed E-state index contributed by atoms with van der Waals surface area (Å²) in [5, 5.41) is 11.5. The van der Waals surface area contributed by atoms with E-state index in [0.29, 0.717) is 5.56 Å². The summed E-state index contributed by atoms with van der Waals surface area (Å²) < 4.78 is 11.7. The summed E-state index contributed by atoms with van der Waals surface area (Å²) in [4.78, 5) is 31.8. The highest BCUT2D eigenvalue weighted by molar-refractivity contribution is 7.52. The minimum absolute atomic E-state index is 0.155. The molecule has 0 saturated heterocycles. The van der Waals surface area contributed by atoms with Crippen LogP contribution >= 0.6 is 18.9 Å². The van der Waals surface area contributed by atoms with Crippen molar-refractivity contribution in [3.05, 3.63) is 63.9 Å². The van der Waals surface area contributed by atoms with Gasteiger partial charge in [0.1, 0.15) is 5.84 Å². The van der Waals surface area contributed by atoms with Crippen molar-refractivity contribution < 1.29 is 19.1 Å². The van der Waals surface area contributed by atoms with Crippen molar-refractivity contribution in [2.45, 2.75) is 5.78 Å². The zero-order valence-corrected chi connectivity index (χ0v) is 14.1. The molecule has 1 atom stereocenters. The first-order chi connectivity index (χ1) is 11.3. The number of carbonyl (C=O) groups is 1. The molecule has 0 fully saturated rings. The lowest BCUT2D eigenvalue weighted by Crippen LogP contribution is -2.27. The lowest BCUT2D eigenvalue weighted by Gasteiger charge is -2.19. The molecule has 6 N–H and O–H groups in total. The molecule has 2 aromatic rings. The van der Waals surface area contributed by atoms with Gasteiger partial charge in [0, 0.05) is 16.5 Å². The Morgan fingerprint density at radius 3 is 2.46 bits per heavy atom. The molecule has 1 aromatic heterocycles. The second-order valence-electron chi connectivity index (χ2n) is 4.88. The zero-order chi connectivity index (χ0) is 17.7. The summed E-state index contributed by atoms with van der Waals surface area (Å²) in [6.07, 6.45) is 2.79. The number of amides is 1. The number of amidine groups is 1. The van der Waals surface area contributed by atoms with Crippen molar-refractivity contribution in [2.75, 3.05) is 0 Å². The van der Waals surface area contributed by atoms with Crippen LogP contribution in [0, 0.1) is 5.41 Å². The summed E-state index contributed by atoms with van der Waals surface area (Å²) >= 11 is 1.44. The highest BCUT2D eigenvalue weighted by Crippen LogP contribution is 2.49. The highest BCUT2D eigenvalue weighted by Gasteiger charge is 2.31. The van der Waals surface area contributed by atoms with E-state index < -0.39 is 19.3 Å². The second kappa shape index (κ2) is 7.55. The molecule has 0 spiro atoms. The third-order valence-electron chi connectivity index (χ3n) is 3.09. The molecular weight excluding hydrogens is 349 g/mol. The van der Waals surface area contributed by atoms with Crippen LogP contribution in [0.4, 0.5) is 0 Å².